The lowest BCUT2D eigenvalue weighted by Crippen LogP contribution is -2.46. The Hall–Kier alpha value is -4.41. The molecule has 0 spiro atoms. The number of nitrogens with one attached hydrogen (secondary N) is 2. The number of aromatic nitrogens is 2. The van der Waals surface area contributed by atoms with Crippen LogP contribution in [0.5, 0.6) is 11.8 Å². The van der Waals surface area contributed by atoms with Crippen molar-refractivity contribution in [1.29, 1.82) is 0 Å². The molecular weight excluding hydrogens is 583 g/mol. The Bertz CT molecular complexity index is 1630. The summed E-state index contributed by atoms with van der Waals surface area (Å²) in [5, 5.41) is 6.94. The van der Waals surface area contributed by atoms with Gasteiger partial charge in [0.05, 0.1) is 24.0 Å². The Morgan fingerprint density at radius 3 is 2.68 bits per heavy atom. The van der Waals surface area contributed by atoms with Crippen molar-refractivity contribution >= 4 is 34.6 Å². The maximum atomic E-state index is 14.1. The molecule has 1 unspecified atom stereocenters. The summed E-state index contributed by atoms with van der Waals surface area (Å²) in [4.78, 5) is 26.3. The smallest absolute Gasteiger partial charge is 0.257 e. The first-order valence-electron chi connectivity index (χ1n) is 14.6. The van der Waals surface area contributed by atoms with Gasteiger partial charge in [-0.25, -0.2) is 14.4 Å². The number of carbonyl (C=O) groups excluding carboxylic acids is 1. The zero-order valence-corrected chi connectivity index (χ0v) is 25.4. The third-order valence-electron chi connectivity index (χ3n) is 8.20. The van der Waals surface area contributed by atoms with E-state index in [-0.39, 0.29) is 24.5 Å². The number of pyridine rings is 2. The van der Waals surface area contributed by atoms with Crippen LogP contribution in [0.1, 0.15) is 40.4 Å². The second-order valence-electron chi connectivity index (χ2n) is 11.0. The molecule has 228 valence electrons. The number of rotatable bonds is 9. The number of amides is 1. The van der Waals surface area contributed by atoms with Crippen LogP contribution >= 0.6 is 11.6 Å². The highest BCUT2D eigenvalue weighted by Gasteiger charge is 2.30. The number of nitrogens with zero attached hydrogens (tertiary/aromatic N) is 4. The van der Waals surface area contributed by atoms with E-state index in [0.717, 1.165) is 49.5 Å². The molecule has 2 aliphatic heterocycles. The molecule has 11 heteroatoms. The van der Waals surface area contributed by atoms with Gasteiger partial charge in [-0.15, -0.1) is 0 Å². The van der Waals surface area contributed by atoms with E-state index in [1.54, 1.807) is 30.3 Å². The fourth-order valence-electron chi connectivity index (χ4n) is 5.67. The van der Waals surface area contributed by atoms with Crippen LogP contribution in [0.25, 0.3) is 0 Å². The Balaban J connectivity index is 1.00. The Morgan fingerprint density at radius 2 is 1.93 bits per heavy atom. The van der Waals surface area contributed by atoms with Crippen molar-refractivity contribution in [1.82, 2.24) is 14.9 Å². The number of ether oxygens (including phenoxy) is 2. The van der Waals surface area contributed by atoms with Crippen molar-refractivity contribution in [2.75, 3.05) is 49.3 Å². The molecule has 4 aromatic rings. The van der Waals surface area contributed by atoms with Crippen LogP contribution in [-0.4, -0.2) is 60.7 Å². The fraction of sp³-hybridized carbons (Fsp3) is 0.303. The van der Waals surface area contributed by atoms with Crippen LogP contribution in [0.2, 0.25) is 5.02 Å². The van der Waals surface area contributed by atoms with Crippen molar-refractivity contribution < 1.29 is 18.7 Å². The standard InChI is InChI=1S/C33H34ClFN6O3/c1-40-29-10-9-25(37-33(42)22-7-11-31(43-2)36-18-22)17-28(29)38-30(40)19-41-14-12-21(13-15-41)27-4-3-5-32(39-27)44-20-23-6-8-24(34)16-26(23)35/h3-11,16-18,21,30,38H,12-15,19-20H2,1-2H3,(H,37,42). The lowest BCUT2D eigenvalue weighted by atomic mass is 9.93. The van der Waals surface area contributed by atoms with Crippen LogP contribution in [0.15, 0.2) is 72.9 Å². The molecule has 0 saturated carbocycles. The molecule has 44 heavy (non-hydrogen) atoms. The van der Waals surface area contributed by atoms with Gasteiger partial charge in [0.25, 0.3) is 5.91 Å². The van der Waals surface area contributed by atoms with Crippen LogP contribution in [-0.2, 0) is 6.61 Å². The predicted molar refractivity (Wildman–Crippen MR) is 169 cm³/mol. The van der Waals surface area contributed by atoms with Gasteiger partial charge >= 0.3 is 0 Å². The summed E-state index contributed by atoms with van der Waals surface area (Å²) in [5.41, 5.74) is 4.69. The van der Waals surface area contributed by atoms with Crippen molar-refractivity contribution in [2.24, 2.45) is 0 Å². The Morgan fingerprint density at radius 1 is 1.09 bits per heavy atom. The molecule has 4 heterocycles. The predicted octanol–water partition coefficient (Wildman–Crippen LogP) is 6.18. The highest BCUT2D eigenvalue weighted by atomic mass is 35.5. The highest BCUT2D eigenvalue weighted by molar-refractivity contribution is 6.30. The summed E-state index contributed by atoms with van der Waals surface area (Å²) in [6.07, 6.45) is 3.59. The van der Waals surface area contributed by atoms with Crippen molar-refractivity contribution in [2.45, 2.75) is 31.5 Å². The van der Waals surface area contributed by atoms with E-state index in [0.29, 0.717) is 39.5 Å². The lowest BCUT2D eigenvalue weighted by Gasteiger charge is -2.35. The Labute approximate surface area is 261 Å². The summed E-state index contributed by atoms with van der Waals surface area (Å²) < 4.78 is 25.0. The molecule has 6 rings (SSSR count). The summed E-state index contributed by atoms with van der Waals surface area (Å²) >= 11 is 5.85. The largest absolute Gasteiger partial charge is 0.481 e. The van der Waals surface area contributed by atoms with E-state index < -0.39 is 0 Å². The maximum absolute atomic E-state index is 14.1. The number of fused-ring (bicyclic) bond motifs is 1. The van der Waals surface area contributed by atoms with E-state index in [1.807, 2.05) is 30.3 Å². The van der Waals surface area contributed by atoms with Gasteiger partial charge in [-0.2, -0.15) is 0 Å². The number of carbonyl (C=O) groups is 1. The number of benzene rings is 2. The number of anilines is 3. The van der Waals surface area contributed by atoms with E-state index in [1.165, 1.54) is 19.4 Å². The molecule has 1 saturated heterocycles. The molecular formula is C33H34ClFN6O3. The third kappa shape index (κ3) is 6.71. The first-order chi connectivity index (χ1) is 21.4. The first-order valence-corrected chi connectivity index (χ1v) is 14.9. The van der Waals surface area contributed by atoms with Crippen LogP contribution in [0.3, 0.4) is 0 Å². The molecule has 9 nitrogen and oxygen atoms in total. The minimum Gasteiger partial charge on any atom is -0.481 e. The van der Waals surface area contributed by atoms with Gasteiger partial charge in [0.2, 0.25) is 11.8 Å². The average Bonchev–Trinajstić information content (AvgIpc) is 3.34. The summed E-state index contributed by atoms with van der Waals surface area (Å²) in [6, 6.07) is 19.6. The number of likely N-dealkylation sites (N-methyl/N-ethyl adjacent to an activating group) is 1. The number of likely N-dealkylation sites (tertiary alicyclic amines) is 1. The minimum absolute atomic E-state index is 0.0935. The van der Waals surface area contributed by atoms with Crippen molar-refractivity contribution in [3.05, 3.63) is 101 Å². The molecule has 1 atom stereocenters. The van der Waals surface area contributed by atoms with E-state index in [4.69, 9.17) is 26.1 Å². The van der Waals surface area contributed by atoms with Crippen LogP contribution < -0.4 is 25.0 Å². The number of hydrogen-bond acceptors (Lipinski definition) is 8. The monoisotopic (exact) mass is 616 g/mol. The molecule has 0 radical (unpaired) electrons. The van der Waals surface area contributed by atoms with Crippen molar-refractivity contribution in [3.63, 3.8) is 0 Å². The maximum Gasteiger partial charge on any atom is 0.257 e. The summed E-state index contributed by atoms with van der Waals surface area (Å²) in [5.74, 6) is 0.668. The van der Waals surface area contributed by atoms with E-state index in [2.05, 4.69) is 32.5 Å². The molecule has 1 fully saturated rings. The van der Waals surface area contributed by atoms with Crippen LogP contribution in [0.4, 0.5) is 21.5 Å². The molecule has 2 aliphatic rings. The van der Waals surface area contributed by atoms with Gasteiger partial charge in [-0.1, -0.05) is 23.7 Å². The molecule has 2 aromatic carbocycles. The molecule has 0 bridgehead atoms. The normalized spacial score (nSPS) is 16.7. The van der Waals surface area contributed by atoms with Gasteiger partial charge in [0.15, 0.2) is 0 Å². The van der Waals surface area contributed by atoms with Gasteiger partial charge in [-0.3, -0.25) is 9.69 Å². The van der Waals surface area contributed by atoms with Gasteiger partial charge in [-0.05, 0) is 68.4 Å². The fourth-order valence-corrected chi connectivity index (χ4v) is 5.83. The Kier molecular flexibility index (Phi) is 8.81. The van der Waals surface area contributed by atoms with Crippen molar-refractivity contribution in [3.8, 4) is 11.8 Å². The highest BCUT2D eigenvalue weighted by Crippen LogP contribution is 2.37. The number of hydrogen-bond donors (Lipinski definition) is 2. The topological polar surface area (TPSA) is 91.8 Å². The first kappa shape index (κ1) is 29.7. The summed E-state index contributed by atoms with van der Waals surface area (Å²) in [6.45, 7) is 2.86. The second-order valence-corrected chi connectivity index (χ2v) is 11.5. The van der Waals surface area contributed by atoms with Gasteiger partial charge in [0, 0.05) is 59.8 Å². The van der Waals surface area contributed by atoms with E-state index >= 15 is 0 Å². The summed E-state index contributed by atoms with van der Waals surface area (Å²) in [7, 11) is 3.62. The second kappa shape index (κ2) is 13.1. The zero-order valence-electron chi connectivity index (χ0n) is 24.6. The molecule has 1 amide bonds. The van der Waals surface area contributed by atoms with Crippen LogP contribution in [0, 0.1) is 5.82 Å². The molecule has 2 N–H and O–H groups in total. The van der Waals surface area contributed by atoms with Gasteiger partial charge < -0.3 is 25.0 Å². The van der Waals surface area contributed by atoms with E-state index in [9.17, 15) is 9.18 Å². The number of halogens is 2. The van der Waals surface area contributed by atoms with Gasteiger partial charge in [0.1, 0.15) is 18.6 Å². The number of methoxy groups -OCH3 is 1. The molecule has 2 aromatic heterocycles. The minimum atomic E-state index is -0.388. The molecule has 0 aliphatic carbocycles. The SMILES string of the molecule is COc1ccc(C(=O)Nc2ccc3c(c2)NC(CN2CCC(c4cccc(OCc5ccc(Cl)cc5F)n4)CC2)N3C)cn1. The average molecular weight is 617 g/mol. The third-order valence-corrected chi connectivity index (χ3v) is 8.44. The zero-order chi connectivity index (χ0) is 30.6. The number of piperidine rings is 1. The quantitative estimate of drug-likeness (QED) is 0.231. The lowest BCUT2D eigenvalue weighted by molar-refractivity contribution is 0.102.